The van der Waals surface area contributed by atoms with E-state index >= 15 is 0 Å². The Bertz CT molecular complexity index is 995. The number of hydrogen-bond donors (Lipinski definition) is 0. The molecule has 0 spiro atoms. The average Bonchev–Trinajstić information content (AvgIpc) is 3.05. The molecular formula is C18H12BrF3N4S. The highest BCUT2D eigenvalue weighted by atomic mass is 79.9. The van der Waals surface area contributed by atoms with Crippen molar-refractivity contribution in [3.63, 3.8) is 0 Å². The van der Waals surface area contributed by atoms with Gasteiger partial charge in [0.1, 0.15) is 0 Å². The Labute approximate surface area is 166 Å². The Kier molecular flexibility index (Phi) is 5.87. The minimum atomic E-state index is -4.45. The minimum absolute atomic E-state index is 0.296. The van der Waals surface area contributed by atoms with Crippen LogP contribution in [0.5, 0.6) is 0 Å². The molecular weight excluding hydrogens is 441 g/mol. The van der Waals surface area contributed by atoms with E-state index in [2.05, 4.69) is 26.1 Å². The summed E-state index contributed by atoms with van der Waals surface area (Å²) < 4.78 is 41.8. The normalized spacial score (nSPS) is 11.4. The van der Waals surface area contributed by atoms with Gasteiger partial charge in [-0.05, 0) is 24.3 Å². The number of benzene rings is 2. The third-order valence-electron chi connectivity index (χ3n) is 3.62. The molecule has 0 bridgehead atoms. The lowest BCUT2D eigenvalue weighted by molar-refractivity contribution is -0.137. The molecule has 0 fully saturated rings. The van der Waals surface area contributed by atoms with Gasteiger partial charge in [-0.1, -0.05) is 52.0 Å². The maximum absolute atomic E-state index is 13.2. The van der Waals surface area contributed by atoms with Gasteiger partial charge >= 0.3 is 6.18 Å². The quantitative estimate of drug-likeness (QED) is 0.366. The number of halogens is 4. The number of aromatic nitrogens is 3. The number of nitrogens with zero attached hydrogens (tertiary/aromatic N) is 4. The molecule has 0 aliphatic heterocycles. The molecule has 9 heteroatoms. The van der Waals surface area contributed by atoms with Gasteiger partial charge in [-0.3, -0.25) is 4.57 Å². The lowest BCUT2D eigenvalue weighted by Gasteiger charge is -2.13. The van der Waals surface area contributed by atoms with E-state index < -0.39 is 11.7 Å². The summed E-state index contributed by atoms with van der Waals surface area (Å²) in [7, 11) is 0. The summed E-state index contributed by atoms with van der Waals surface area (Å²) in [5, 5.41) is 17.5. The van der Waals surface area contributed by atoms with Gasteiger partial charge in [0.15, 0.2) is 11.0 Å². The Morgan fingerprint density at radius 3 is 2.59 bits per heavy atom. The van der Waals surface area contributed by atoms with Gasteiger partial charge in [0.25, 0.3) is 0 Å². The highest BCUT2D eigenvalue weighted by Gasteiger charge is 2.31. The van der Waals surface area contributed by atoms with Crippen molar-refractivity contribution in [2.75, 3.05) is 5.75 Å². The molecule has 1 heterocycles. The molecule has 0 atom stereocenters. The molecule has 3 rings (SSSR count). The van der Waals surface area contributed by atoms with Gasteiger partial charge in [-0.2, -0.15) is 18.4 Å². The highest BCUT2D eigenvalue weighted by molar-refractivity contribution is 9.10. The first kappa shape index (κ1) is 19.5. The van der Waals surface area contributed by atoms with E-state index in [1.165, 1.54) is 17.8 Å². The Balaban J connectivity index is 2.16. The lowest BCUT2D eigenvalue weighted by Crippen LogP contribution is -2.07. The summed E-state index contributed by atoms with van der Waals surface area (Å²) in [5.41, 5.74) is 0.259. The van der Waals surface area contributed by atoms with Crippen LogP contribution < -0.4 is 0 Å². The van der Waals surface area contributed by atoms with Crippen LogP contribution in [0.25, 0.3) is 17.1 Å². The molecule has 27 heavy (non-hydrogen) atoms. The van der Waals surface area contributed by atoms with Crippen LogP contribution in [0.15, 0.2) is 58.2 Å². The van der Waals surface area contributed by atoms with Crippen LogP contribution in [-0.4, -0.2) is 20.5 Å². The van der Waals surface area contributed by atoms with Crippen LogP contribution in [0.3, 0.4) is 0 Å². The largest absolute Gasteiger partial charge is 0.416 e. The van der Waals surface area contributed by atoms with Gasteiger partial charge < -0.3 is 0 Å². The van der Waals surface area contributed by atoms with E-state index in [9.17, 15) is 13.2 Å². The van der Waals surface area contributed by atoms with Crippen molar-refractivity contribution in [1.29, 1.82) is 5.26 Å². The highest BCUT2D eigenvalue weighted by Crippen LogP contribution is 2.35. The minimum Gasteiger partial charge on any atom is -0.270 e. The fraction of sp³-hybridized carbons (Fsp3) is 0.167. The van der Waals surface area contributed by atoms with E-state index in [4.69, 9.17) is 5.26 Å². The molecule has 0 saturated heterocycles. The predicted molar refractivity (Wildman–Crippen MR) is 100 cm³/mol. The summed E-state index contributed by atoms with van der Waals surface area (Å²) in [5.74, 6) is 0.880. The maximum Gasteiger partial charge on any atom is 0.416 e. The molecule has 0 aliphatic rings. The molecule has 2 aromatic carbocycles. The van der Waals surface area contributed by atoms with Gasteiger partial charge in [0.2, 0.25) is 0 Å². The zero-order valence-electron chi connectivity index (χ0n) is 13.7. The van der Waals surface area contributed by atoms with Gasteiger partial charge in [0, 0.05) is 22.2 Å². The zero-order chi connectivity index (χ0) is 19.4. The number of hydrogen-bond acceptors (Lipinski definition) is 4. The monoisotopic (exact) mass is 452 g/mol. The number of alkyl halides is 3. The van der Waals surface area contributed by atoms with Crippen LogP contribution in [0.2, 0.25) is 0 Å². The van der Waals surface area contributed by atoms with Crippen molar-refractivity contribution < 1.29 is 13.2 Å². The SMILES string of the molecule is N#CCCSc1nnc(-c2ccccc2Br)n1-c1cccc(C(F)(F)F)c1. The van der Waals surface area contributed by atoms with Crippen molar-refractivity contribution in [3.8, 4) is 23.1 Å². The topological polar surface area (TPSA) is 54.5 Å². The van der Waals surface area contributed by atoms with Crippen LogP contribution >= 0.6 is 27.7 Å². The molecule has 0 unspecified atom stereocenters. The third-order valence-corrected chi connectivity index (χ3v) is 5.25. The van der Waals surface area contributed by atoms with Crippen molar-refractivity contribution in [3.05, 3.63) is 58.6 Å². The number of rotatable bonds is 5. The second-order valence-electron chi connectivity index (χ2n) is 5.43. The Hall–Kier alpha value is -2.31. The molecule has 0 aliphatic carbocycles. The smallest absolute Gasteiger partial charge is 0.270 e. The Morgan fingerprint density at radius 1 is 1.11 bits per heavy atom. The first-order valence-electron chi connectivity index (χ1n) is 7.79. The molecule has 0 saturated carbocycles. The first-order chi connectivity index (χ1) is 12.9. The first-order valence-corrected chi connectivity index (χ1v) is 9.57. The van der Waals surface area contributed by atoms with Crippen LogP contribution in [0, 0.1) is 11.3 Å². The van der Waals surface area contributed by atoms with Crippen LogP contribution in [0.4, 0.5) is 13.2 Å². The molecule has 1 aromatic heterocycles. The van der Waals surface area contributed by atoms with Gasteiger partial charge in [-0.15, -0.1) is 10.2 Å². The second kappa shape index (κ2) is 8.15. The maximum atomic E-state index is 13.2. The van der Waals surface area contributed by atoms with Gasteiger partial charge in [0.05, 0.1) is 17.3 Å². The summed E-state index contributed by atoms with van der Waals surface area (Å²) in [6, 6.07) is 14.3. The third kappa shape index (κ3) is 4.34. The Morgan fingerprint density at radius 2 is 1.89 bits per heavy atom. The fourth-order valence-electron chi connectivity index (χ4n) is 2.42. The fourth-order valence-corrected chi connectivity index (χ4v) is 3.68. The van der Waals surface area contributed by atoms with E-state index in [1.807, 2.05) is 30.3 Å². The predicted octanol–water partition coefficient (Wildman–Crippen LogP) is 5.72. The molecule has 0 amide bonds. The van der Waals surface area contributed by atoms with Crippen molar-refractivity contribution in [2.24, 2.45) is 0 Å². The van der Waals surface area contributed by atoms with E-state index in [0.29, 0.717) is 34.4 Å². The molecule has 3 aromatic rings. The van der Waals surface area contributed by atoms with Crippen molar-refractivity contribution in [2.45, 2.75) is 17.8 Å². The zero-order valence-corrected chi connectivity index (χ0v) is 16.1. The van der Waals surface area contributed by atoms with Gasteiger partial charge in [-0.25, -0.2) is 0 Å². The standard InChI is InChI=1S/C18H12BrF3N4S/c19-15-8-2-1-7-14(15)16-24-25-17(27-10-4-9-23)26(16)13-6-3-5-12(11-13)18(20,21)22/h1-3,5-8,11H,4,10H2. The summed E-state index contributed by atoms with van der Waals surface area (Å²) >= 11 is 4.72. The van der Waals surface area contributed by atoms with E-state index in [1.54, 1.807) is 10.6 Å². The van der Waals surface area contributed by atoms with E-state index in [-0.39, 0.29) is 0 Å². The molecule has 4 nitrogen and oxygen atoms in total. The molecule has 138 valence electrons. The summed E-state index contributed by atoms with van der Waals surface area (Å²) in [6.45, 7) is 0. The van der Waals surface area contributed by atoms with Crippen LogP contribution in [0.1, 0.15) is 12.0 Å². The van der Waals surface area contributed by atoms with Crippen molar-refractivity contribution in [1.82, 2.24) is 14.8 Å². The van der Waals surface area contributed by atoms with Crippen molar-refractivity contribution >= 4 is 27.7 Å². The summed E-state index contributed by atoms with van der Waals surface area (Å²) in [6.07, 6.45) is -4.16. The number of nitriles is 1. The lowest BCUT2D eigenvalue weighted by atomic mass is 10.1. The molecule has 0 N–H and O–H groups in total. The van der Waals surface area contributed by atoms with E-state index in [0.717, 1.165) is 16.6 Å². The molecule has 0 radical (unpaired) electrons. The summed E-state index contributed by atoms with van der Waals surface area (Å²) in [4.78, 5) is 0. The average molecular weight is 453 g/mol. The van der Waals surface area contributed by atoms with Crippen LogP contribution in [-0.2, 0) is 6.18 Å². The second-order valence-corrected chi connectivity index (χ2v) is 7.34. The number of thioether (sulfide) groups is 1.